The summed E-state index contributed by atoms with van der Waals surface area (Å²) in [5.41, 5.74) is 0.508. The SMILES string of the molecule is Cc1cc(NS(=O)(=O)c2ccc(NCC(=O)O)cc2)no1. The van der Waals surface area contributed by atoms with E-state index >= 15 is 0 Å². The average molecular weight is 311 g/mol. The van der Waals surface area contributed by atoms with E-state index < -0.39 is 16.0 Å². The Kier molecular flexibility index (Phi) is 4.13. The molecule has 3 N–H and O–H groups in total. The van der Waals surface area contributed by atoms with Crippen LogP contribution in [0.15, 0.2) is 39.8 Å². The van der Waals surface area contributed by atoms with E-state index in [1.54, 1.807) is 6.92 Å². The second kappa shape index (κ2) is 5.83. The summed E-state index contributed by atoms with van der Waals surface area (Å²) in [7, 11) is -3.76. The van der Waals surface area contributed by atoms with Gasteiger partial charge in [-0.15, -0.1) is 0 Å². The fourth-order valence-corrected chi connectivity index (χ4v) is 2.52. The summed E-state index contributed by atoms with van der Waals surface area (Å²) in [6.07, 6.45) is 0. The van der Waals surface area contributed by atoms with Gasteiger partial charge in [-0.1, -0.05) is 5.16 Å². The van der Waals surface area contributed by atoms with Crippen LogP contribution < -0.4 is 10.0 Å². The normalized spacial score (nSPS) is 11.1. The molecule has 0 atom stereocenters. The quantitative estimate of drug-likeness (QED) is 0.734. The summed E-state index contributed by atoms with van der Waals surface area (Å²) in [4.78, 5) is 10.5. The van der Waals surface area contributed by atoms with Crippen molar-refractivity contribution in [3.63, 3.8) is 0 Å². The molecule has 1 aromatic carbocycles. The Labute approximate surface area is 120 Å². The molecule has 0 saturated heterocycles. The van der Waals surface area contributed by atoms with Gasteiger partial charge in [-0.3, -0.25) is 9.52 Å². The van der Waals surface area contributed by atoms with Gasteiger partial charge in [0.05, 0.1) is 4.90 Å². The molecular weight excluding hydrogens is 298 g/mol. The standard InChI is InChI=1S/C12H13N3O5S/c1-8-6-11(14-20-8)15-21(18,19)10-4-2-9(3-5-10)13-7-12(16)17/h2-6,13H,7H2,1H3,(H,14,15)(H,16,17). The number of aliphatic carboxylic acids is 1. The van der Waals surface area contributed by atoms with Gasteiger partial charge in [0, 0.05) is 11.8 Å². The molecule has 0 saturated carbocycles. The number of nitrogens with one attached hydrogen (secondary N) is 2. The van der Waals surface area contributed by atoms with Crippen LogP contribution in [0.1, 0.15) is 5.76 Å². The van der Waals surface area contributed by atoms with Crippen molar-refractivity contribution >= 4 is 27.5 Å². The maximum Gasteiger partial charge on any atom is 0.322 e. The molecule has 0 spiro atoms. The summed E-state index contributed by atoms with van der Waals surface area (Å²) in [6.45, 7) is 1.40. The monoisotopic (exact) mass is 311 g/mol. The summed E-state index contributed by atoms with van der Waals surface area (Å²) in [5, 5.41) is 14.7. The van der Waals surface area contributed by atoms with Crippen molar-refractivity contribution in [2.75, 3.05) is 16.6 Å². The minimum Gasteiger partial charge on any atom is -0.480 e. The van der Waals surface area contributed by atoms with Crippen LogP contribution in [0.2, 0.25) is 0 Å². The molecule has 0 aliphatic carbocycles. The van der Waals surface area contributed by atoms with E-state index in [2.05, 4.69) is 15.2 Å². The Morgan fingerprint density at radius 1 is 1.33 bits per heavy atom. The Hall–Kier alpha value is -2.55. The number of aromatic nitrogens is 1. The first-order chi connectivity index (χ1) is 9.87. The van der Waals surface area contributed by atoms with Gasteiger partial charge in [-0.25, -0.2) is 8.42 Å². The molecule has 0 unspecified atom stereocenters. The third-order valence-electron chi connectivity index (χ3n) is 2.48. The van der Waals surface area contributed by atoms with Crippen LogP contribution in [0.5, 0.6) is 0 Å². The Balaban J connectivity index is 2.11. The number of carboxylic acid groups (broad SMARTS) is 1. The lowest BCUT2D eigenvalue weighted by molar-refractivity contribution is -0.134. The fraction of sp³-hybridized carbons (Fsp3) is 0.167. The summed E-state index contributed by atoms with van der Waals surface area (Å²) in [5.74, 6) is -0.420. The molecule has 9 heteroatoms. The zero-order valence-corrected chi connectivity index (χ0v) is 11.8. The number of carbonyl (C=O) groups is 1. The largest absolute Gasteiger partial charge is 0.480 e. The Morgan fingerprint density at radius 2 is 2.00 bits per heavy atom. The Bertz CT molecular complexity index is 737. The van der Waals surface area contributed by atoms with Crippen molar-refractivity contribution in [2.45, 2.75) is 11.8 Å². The second-order valence-electron chi connectivity index (χ2n) is 4.20. The first-order valence-electron chi connectivity index (χ1n) is 5.89. The van der Waals surface area contributed by atoms with Crippen LogP contribution in [-0.2, 0) is 14.8 Å². The lowest BCUT2D eigenvalue weighted by Crippen LogP contribution is -2.14. The summed E-state index contributed by atoms with van der Waals surface area (Å²) in [6, 6.07) is 7.14. The molecule has 0 radical (unpaired) electrons. The number of hydrogen-bond acceptors (Lipinski definition) is 6. The van der Waals surface area contributed by atoms with E-state index in [-0.39, 0.29) is 17.3 Å². The van der Waals surface area contributed by atoms with Gasteiger partial charge >= 0.3 is 5.97 Å². The van der Waals surface area contributed by atoms with Crippen LogP contribution in [0.25, 0.3) is 0 Å². The van der Waals surface area contributed by atoms with E-state index in [1.165, 1.54) is 30.3 Å². The van der Waals surface area contributed by atoms with Crippen molar-refractivity contribution < 1.29 is 22.8 Å². The van der Waals surface area contributed by atoms with Crippen LogP contribution in [0.4, 0.5) is 11.5 Å². The predicted octanol–water partition coefficient (Wildman–Crippen LogP) is 1.28. The van der Waals surface area contributed by atoms with E-state index in [0.29, 0.717) is 11.4 Å². The van der Waals surface area contributed by atoms with E-state index in [9.17, 15) is 13.2 Å². The van der Waals surface area contributed by atoms with Crippen molar-refractivity contribution in [3.05, 3.63) is 36.1 Å². The topological polar surface area (TPSA) is 122 Å². The highest BCUT2D eigenvalue weighted by Crippen LogP contribution is 2.18. The number of carboxylic acids is 1. The van der Waals surface area contributed by atoms with Crippen LogP contribution >= 0.6 is 0 Å². The van der Waals surface area contributed by atoms with E-state index in [4.69, 9.17) is 9.63 Å². The van der Waals surface area contributed by atoms with Crippen molar-refractivity contribution in [1.29, 1.82) is 0 Å². The van der Waals surface area contributed by atoms with Crippen molar-refractivity contribution in [1.82, 2.24) is 5.16 Å². The van der Waals surface area contributed by atoms with E-state index in [1.807, 2.05) is 0 Å². The molecule has 2 rings (SSSR count). The number of sulfonamides is 1. The molecule has 112 valence electrons. The molecule has 1 aromatic heterocycles. The summed E-state index contributed by atoms with van der Waals surface area (Å²) >= 11 is 0. The fourth-order valence-electron chi connectivity index (χ4n) is 1.54. The molecule has 21 heavy (non-hydrogen) atoms. The highest BCUT2D eigenvalue weighted by molar-refractivity contribution is 7.92. The van der Waals surface area contributed by atoms with Gasteiger partial charge < -0.3 is 14.9 Å². The first kappa shape index (κ1) is 14.9. The minimum atomic E-state index is -3.76. The smallest absolute Gasteiger partial charge is 0.322 e. The molecule has 0 fully saturated rings. The van der Waals surface area contributed by atoms with Gasteiger partial charge in [0.25, 0.3) is 10.0 Å². The second-order valence-corrected chi connectivity index (χ2v) is 5.88. The maximum atomic E-state index is 12.1. The third-order valence-corrected chi connectivity index (χ3v) is 3.85. The zero-order valence-electron chi connectivity index (χ0n) is 11.0. The number of benzene rings is 1. The van der Waals surface area contributed by atoms with Crippen LogP contribution in [0.3, 0.4) is 0 Å². The molecule has 2 aromatic rings. The highest BCUT2D eigenvalue weighted by atomic mass is 32.2. The van der Waals surface area contributed by atoms with Crippen molar-refractivity contribution in [3.8, 4) is 0 Å². The summed E-state index contributed by atoms with van der Waals surface area (Å²) < 4.78 is 31.2. The first-order valence-corrected chi connectivity index (χ1v) is 7.37. The van der Waals surface area contributed by atoms with E-state index in [0.717, 1.165) is 0 Å². The molecular formula is C12H13N3O5S. The molecule has 0 aliphatic rings. The highest BCUT2D eigenvalue weighted by Gasteiger charge is 2.16. The number of nitrogens with zero attached hydrogens (tertiary/aromatic N) is 1. The average Bonchev–Trinajstić information content (AvgIpc) is 2.81. The van der Waals surface area contributed by atoms with Gasteiger partial charge in [-0.2, -0.15) is 0 Å². The van der Waals surface area contributed by atoms with Gasteiger partial charge in [0.1, 0.15) is 12.3 Å². The predicted molar refractivity (Wildman–Crippen MR) is 74.6 cm³/mol. The minimum absolute atomic E-state index is 0.0315. The number of anilines is 2. The number of aryl methyl sites for hydroxylation is 1. The molecule has 0 bridgehead atoms. The van der Waals surface area contributed by atoms with Gasteiger partial charge in [0.15, 0.2) is 5.82 Å². The number of hydrogen-bond donors (Lipinski definition) is 3. The van der Waals surface area contributed by atoms with Gasteiger partial charge in [-0.05, 0) is 31.2 Å². The van der Waals surface area contributed by atoms with Crippen molar-refractivity contribution in [2.24, 2.45) is 0 Å². The maximum absolute atomic E-state index is 12.1. The van der Waals surface area contributed by atoms with Gasteiger partial charge in [0.2, 0.25) is 0 Å². The molecule has 8 nitrogen and oxygen atoms in total. The number of rotatable bonds is 6. The zero-order chi connectivity index (χ0) is 15.5. The lowest BCUT2D eigenvalue weighted by atomic mass is 10.3. The lowest BCUT2D eigenvalue weighted by Gasteiger charge is -2.07. The van der Waals surface area contributed by atoms with Crippen LogP contribution in [0, 0.1) is 6.92 Å². The molecule has 0 amide bonds. The third kappa shape index (κ3) is 3.96. The van der Waals surface area contributed by atoms with Crippen LogP contribution in [-0.4, -0.2) is 31.2 Å². The molecule has 1 heterocycles. The molecule has 0 aliphatic heterocycles. The Morgan fingerprint density at radius 3 is 2.52 bits per heavy atom.